The molecule has 3 nitrogen and oxygen atoms in total. The molecule has 1 aromatic carbocycles. The number of hydrogen-bond acceptors (Lipinski definition) is 3. The minimum absolute atomic E-state index is 0.242. The van der Waals surface area contributed by atoms with Gasteiger partial charge in [0.05, 0.1) is 18.8 Å². The van der Waals surface area contributed by atoms with E-state index in [1.54, 1.807) is 7.11 Å². The predicted molar refractivity (Wildman–Crippen MR) is 80.2 cm³/mol. The summed E-state index contributed by atoms with van der Waals surface area (Å²) in [6, 6.07) is 12.2. The fraction of sp³-hybridized carbons (Fsp3) is 0.588. The van der Waals surface area contributed by atoms with E-state index in [1.807, 2.05) is 30.3 Å². The minimum atomic E-state index is -0.352. The first-order chi connectivity index (χ1) is 9.80. The number of nitriles is 1. The van der Waals surface area contributed by atoms with E-state index in [0.717, 1.165) is 24.8 Å². The van der Waals surface area contributed by atoms with Gasteiger partial charge in [0.25, 0.3) is 0 Å². The highest BCUT2D eigenvalue weighted by molar-refractivity contribution is 5.13. The summed E-state index contributed by atoms with van der Waals surface area (Å²) in [6.45, 7) is 2.67. The van der Waals surface area contributed by atoms with Gasteiger partial charge in [-0.15, -0.1) is 0 Å². The Balaban J connectivity index is 2.30. The second kappa shape index (κ2) is 10.4. The van der Waals surface area contributed by atoms with Crippen LogP contribution in [0, 0.1) is 11.3 Å². The van der Waals surface area contributed by atoms with Gasteiger partial charge in [0.2, 0.25) is 0 Å². The Morgan fingerprint density at radius 1 is 1.15 bits per heavy atom. The van der Waals surface area contributed by atoms with E-state index < -0.39 is 0 Å². The maximum Gasteiger partial charge on any atom is 0.144 e. The first-order valence-corrected chi connectivity index (χ1v) is 7.38. The van der Waals surface area contributed by atoms with Gasteiger partial charge in [-0.2, -0.15) is 5.26 Å². The van der Waals surface area contributed by atoms with Crippen LogP contribution in [-0.2, 0) is 16.1 Å². The Kier molecular flexibility index (Phi) is 8.69. The minimum Gasteiger partial charge on any atom is -0.381 e. The molecule has 110 valence electrons. The van der Waals surface area contributed by atoms with Gasteiger partial charge >= 0.3 is 0 Å². The third-order valence-corrected chi connectivity index (χ3v) is 3.40. The third-order valence-electron chi connectivity index (χ3n) is 3.40. The molecule has 0 radical (unpaired) electrons. The average molecular weight is 275 g/mol. The topological polar surface area (TPSA) is 42.2 Å². The van der Waals surface area contributed by atoms with Crippen molar-refractivity contribution in [3.8, 4) is 6.07 Å². The van der Waals surface area contributed by atoms with E-state index in [0.29, 0.717) is 6.61 Å². The average Bonchev–Trinajstić information content (AvgIpc) is 2.51. The summed E-state index contributed by atoms with van der Waals surface area (Å²) in [5.41, 5.74) is 1.10. The summed E-state index contributed by atoms with van der Waals surface area (Å²) in [7, 11) is 1.74. The number of ether oxygens (including phenoxy) is 2. The second-order valence-electron chi connectivity index (χ2n) is 4.99. The number of methoxy groups -OCH3 is 1. The van der Waals surface area contributed by atoms with Crippen LogP contribution in [0.25, 0.3) is 0 Å². The lowest BCUT2D eigenvalue weighted by Crippen LogP contribution is -2.17. The fourth-order valence-electron chi connectivity index (χ4n) is 2.11. The second-order valence-corrected chi connectivity index (χ2v) is 4.99. The van der Waals surface area contributed by atoms with E-state index in [1.165, 1.54) is 12.8 Å². The van der Waals surface area contributed by atoms with Gasteiger partial charge in [-0.3, -0.25) is 0 Å². The normalized spacial score (nSPS) is 13.7. The largest absolute Gasteiger partial charge is 0.381 e. The Morgan fingerprint density at radius 2 is 1.90 bits per heavy atom. The van der Waals surface area contributed by atoms with Crippen molar-refractivity contribution in [3.05, 3.63) is 35.9 Å². The zero-order valence-corrected chi connectivity index (χ0v) is 12.5. The molecule has 0 aliphatic heterocycles. The number of unbranched alkanes of at least 4 members (excludes halogenated alkanes) is 1. The van der Waals surface area contributed by atoms with Crippen LogP contribution in [0.2, 0.25) is 0 Å². The Bertz CT molecular complexity index is 386. The summed E-state index contributed by atoms with van der Waals surface area (Å²) in [5.74, 6) is 0. The molecule has 3 heteroatoms. The molecular formula is C17H25NO2. The van der Waals surface area contributed by atoms with Gasteiger partial charge in [-0.25, -0.2) is 0 Å². The molecule has 1 rings (SSSR count). The molecule has 0 aliphatic rings. The van der Waals surface area contributed by atoms with E-state index in [4.69, 9.17) is 14.7 Å². The van der Waals surface area contributed by atoms with Crippen LogP contribution in [0.4, 0.5) is 0 Å². The highest BCUT2D eigenvalue weighted by Crippen LogP contribution is 2.14. The Labute approximate surface area is 122 Å². The van der Waals surface area contributed by atoms with E-state index in [2.05, 4.69) is 13.0 Å². The maximum atomic E-state index is 9.15. The van der Waals surface area contributed by atoms with Crippen molar-refractivity contribution in [2.45, 2.75) is 57.8 Å². The Morgan fingerprint density at radius 3 is 2.50 bits per heavy atom. The monoisotopic (exact) mass is 275 g/mol. The summed E-state index contributed by atoms with van der Waals surface area (Å²) < 4.78 is 11.1. The maximum absolute atomic E-state index is 9.15. The van der Waals surface area contributed by atoms with Gasteiger partial charge in [-0.05, 0) is 24.8 Å². The smallest absolute Gasteiger partial charge is 0.144 e. The van der Waals surface area contributed by atoms with Gasteiger partial charge in [0.1, 0.15) is 6.10 Å². The molecule has 2 atom stereocenters. The first kappa shape index (κ1) is 16.7. The molecular weight excluding hydrogens is 250 g/mol. The van der Waals surface area contributed by atoms with Crippen molar-refractivity contribution in [2.75, 3.05) is 7.11 Å². The van der Waals surface area contributed by atoms with Gasteiger partial charge < -0.3 is 9.47 Å². The molecule has 0 spiro atoms. The number of nitrogens with zero attached hydrogens (tertiary/aromatic N) is 1. The summed E-state index contributed by atoms with van der Waals surface area (Å²) in [4.78, 5) is 0. The fourth-order valence-corrected chi connectivity index (χ4v) is 2.11. The molecule has 0 aromatic heterocycles. The van der Waals surface area contributed by atoms with Crippen molar-refractivity contribution in [1.29, 1.82) is 5.26 Å². The van der Waals surface area contributed by atoms with Crippen LogP contribution in [0.3, 0.4) is 0 Å². The third kappa shape index (κ3) is 6.70. The summed E-state index contributed by atoms with van der Waals surface area (Å²) >= 11 is 0. The van der Waals surface area contributed by atoms with Crippen LogP contribution in [0.15, 0.2) is 30.3 Å². The van der Waals surface area contributed by atoms with E-state index in [9.17, 15) is 0 Å². The molecule has 0 heterocycles. The van der Waals surface area contributed by atoms with E-state index >= 15 is 0 Å². The van der Waals surface area contributed by atoms with Crippen molar-refractivity contribution in [3.63, 3.8) is 0 Å². The lowest BCUT2D eigenvalue weighted by Gasteiger charge is -2.17. The molecule has 0 N–H and O–H groups in total. The highest BCUT2D eigenvalue weighted by Gasteiger charge is 2.13. The van der Waals surface area contributed by atoms with Crippen LogP contribution in [0.1, 0.15) is 44.6 Å². The quantitative estimate of drug-likeness (QED) is 0.646. The molecule has 1 aromatic rings. The van der Waals surface area contributed by atoms with Crippen molar-refractivity contribution in [2.24, 2.45) is 0 Å². The van der Waals surface area contributed by atoms with Gasteiger partial charge in [-0.1, -0.05) is 50.1 Å². The van der Waals surface area contributed by atoms with Crippen molar-refractivity contribution >= 4 is 0 Å². The summed E-state index contributed by atoms with van der Waals surface area (Å²) in [5, 5.41) is 9.15. The number of rotatable bonds is 10. The predicted octanol–water partition coefficient (Wildman–Crippen LogP) is 4.08. The van der Waals surface area contributed by atoms with Crippen molar-refractivity contribution < 1.29 is 9.47 Å². The van der Waals surface area contributed by atoms with Crippen molar-refractivity contribution in [1.82, 2.24) is 0 Å². The first-order valence-electron chi connectivity index (χ1n) is 7.38. The van der Waals surface area contributed by atoms with Crippen LogP contribution >= 0.6 is 0 Å². The number of hydrogen-bond donors (Lipinski definition) is 0. The van der Waals surface area contributed by atoms with Crippen LogP contribution in [0.5, 0.6) is 0 Å². The lowest BCUT2D eigenvalue weighted by molar-refractivity contribution is 0.0413. The lowest BCUT2D eigenvalue weighted by atomic mass is 10.1. The standard InChI is InChI=1S/C17H25NO2/c1-3-4-10-16(19-2)11-12-17(13-18)20-14-15-8-6-5-7-9-15/h5-9,16-17H,3-4,10-12,14H2,1-2H3/t16-,17-/m0/s1. The SMILES string of the molecule is CCCC[C@@H](CC[C@@H](C#N)OCc1ccccc1)OC. The molecule has 0 fully saturated rings. The molecule has 0 aliphatic carbocycles. The van der Waals surface area contributed by atoms with Crippen LogP contribution in [-0.4, -0.2) is 19.3 Å². The molecule has 0 unspecified atom stereocenters. The highest BCUT2D eigenvalue weighted by atomic mass is 16.5. The Hall–Kier alpha value is -1.37. The molecule has 0 saturated carbocycles. The number of benzene rings is 1. The molecule has 0 bridgehead atoms. The molecule has 20 heavy (non-hydrogen) atoms. The van der Waals surface area contributed by atoms with Gasteiger partial charge in [0.15, 0.2) is 0 Å². The molecule has 0 amide bonds. The van der Waals surface area contributed by atoms with E-state index in [-0.39, 0.29) is 12.2 Å². The van der Waals surface area contributed by atoms with Gasteiger partial charge in [0, 0.05) is 7.11 Å². The zero-order chi connectivity index (χ0) is 14.6. The molecule has 0 saturated heterocycles. The summed E-state index contributed by atoms with van der Waals surface area (Å²) in [6.07, 6.45) is 4.89. The van der Waals surface area contributed by atoms with Crippen LogP contribution < -0.4 is 0 Å². The zero-order valence-electron chi connectivity index (χ0n) is 12.5.